The summed E-state index contributed by atoms with van der Waals surface area (Å²) >= 11 is 0. The molecule has 0 saturated carbocycles. The van der Waals surface area contributed by atoms with Gasteiger partial charge in [0.05, 0.1) is 30.0 Å². The Hall–Kier alpha value is -2.19. The number of hydrogen-bond donors (Lipinski definition) is 1. The minimum atomic E-state index is -4.36. The molecule has 0 aliphatic carbocycles. The molecule has 1 N–H and O–H groups in total. The maximum absolute atomic E-state index is 12.8. The number of benzene rings is 1. The Balaban J connectivity index is 1.82. The van der Waals surface area contributed by atoms with Crippen LogP contribution in [0.15, 0.2) is 30.6 Å². The molecule has 1 fully saturated rings. The quantitative estimate of drug-likeness (QED) is 0.888. The van der Waals surface area contributed by atoms with Crippen LogP contribution in [0, 0.1) is 0 Å². The van der Waals surface area contributed by atoms with E-state index in [0.29, 0.717) is 36.6 Å². The van der Waals surface area contributed by atoms with Crippen LogP contribution in [0.25, 0.3) is 0 Å². The highest BCUT2D eigenvalue weighted by Gasteiger charge is 2.30. The van der Waals surface area contributed by atoms with Crippen molar-refractivity contribution in [3.8, 4) is 0 Å². The van der Waals surface area contributed by atoms with Gasteiger partial charge in [-0.3, -0.25) is 0 Å². The van der Waals surface area contributed by atoms with E-state index in [1.165, 1.54) is 12.4 Å². The molecule has 25 heavy (non-hydrogen) atoms. The Bertz CT molecular complexity index is 731. The van der Waals surface area contributed by atoms with Crippen LogP contribution in [-0.2, 0) is 28.6 Å². The third-order valence-corrected chi connectivity index (χ3v) is 3.87. The van der Waals surface area contributed by atoms with Crippen LogP contribution in [0.4, 0.5) is 19.0 Å². The molecule has 1 aromatic carbocycles. The van der Waals surface area contributed by atoms with Crippen molar-refractivity contribution in [3.05, 3.63) is 53.0 Å². The normalized spacial score (nSPS) is 15.5. The maximum Gasteiger partial charge on any atom is 0.416 e. The number of hydrogen-bond acceptors (Lipinski definition) is 5. The molecule has 0 radical (unpaired) electrons. The number of halogens is 3. The van der Waals surface area contributed by atoms with E-state index in [1.54, 1.807) is 6.07 Å². The van der Waals surface area contributed by atoms with Gasteiger partial charge in [0.25, 0.3) is 0 Å². The van der Waals surface area contributed by atoms with E-state index in [9.17, 15) is 13.2 Å². The van der Waals surface area contributed by atoms with Crippen molar-refractivity contribution in [3.63, 3.8) is 0 Å². The summed E-state index contributed by atoms with van der Waals surface area (Å²) < 4.78 is 49.6. The van der Waals surface area contributed by atoms with Crippen LogP contribution >= 0.6 is 0 Å². The van der Waals surface area contributed by atoms with Crippen LogP contribution in [-0.4, -0.2) is 23.2 Å². The number of aromatic nitrogens is 2. The van der Waals surface area contributed by atoms with Gasteiger partial charge < -0.3 is 14.8 Å². The van der Waals surface area contributed by atoms with E-state index in [2.05, 4.69) is 15.3 Å². The van der Waals surface area contributed by atoms with Crippen LogP contribution in [0.2, 0.25) is 0 Å². The maximum atomic E-state index is 12.8. The van der Waals surface area contributed by atoms with Crippen molar-refractivity contribution in [1.29, 1.82) is 0 Å². The van der Waals surface area contributed by atoms with Crippen molar-refractivity contribution in [2.24, 2.45) is 0 Å². The summed E-state index contributed by atoms with van der Waals surface area (Å²) in [6, 6.07) is 5.19. The molecule has 134 valence electrons. The molecule has 1 saturated heterocycles. The third kappa shape index (κ3) is 4.08. The Labute approximate surface area is 143 Å². The molecule has 0 bridgehead atoms. The predicted molar refractivity (Wildman–Crippen MR) is 84.8 cm³/mol. The highest BCUT2D eigenvalue weighted by atomic mass is 19.4. The van der Waals surface area contributed by atoms with Gasteiger partial charge in [-0.1, -0.05) is 19.1 Å². The van der Waals surface area contributed by atoms with E-state index in [1.807, 2.05) is 6.92 Å². The van der Waals surface area contributed by atoms with Crippen LogP contribution < -0.4 is 5.32 Å². The Morgan fingerprint density at radius 3 is 2.64 bits per heavy atom. The van der Waals surface area contributed by atoms with E-state index in [-0.39, 0.29) is 6.54 Å². The molecular formula is C17H18F3N3O2. The zero-order chi connectivity index (χ0) is 17.9. The van der Waals surface area contributed by atoms with E-state index in [0.717, 1.165) is 17.8 Å². The summed E-state index contributed by atoms with van der Waals surface area (Å²) in [4.78, 5) is 8.46. The van der Waals surface area contributed by atoms with E-state index >= 15 is 0 Å². The van der Waals surface area contributed by atoms with Gasteiger partial charge in [-0.15, -0.1) is 0 Å². The van der Waals surface area contributed by atoms with E-state index in [4.69, 9.17) is 9.47 Å². The Morgan fingerprint density at radius 1 is 1.20 bits per heavy atom. The van der Waals surface area contributed by atoms with Crippen LogP contribution in [0.3, 0.4) is 0 Å². The number of nitrogens with one attached hydrogen (secondary N) is 1. The van der Waals surface area contributed by atoms with Gasteiger partial charge >= 0.3 is 6.18 Å². The second-order valence-electron chi connectivity index (χ2n) is 5.56. The highest BCUT2D eigenvalue weighted by Crippen LogP contribution is 2.32. The second kappa shape index (κ2) is 7.37. The van der Waals surface area contributed by atoms with Crippen molar-refractivity contribution < 1.29 is 22.6 Å². The topological polar surface area (TPSA) is 56.3 Å². The summed E-state index contributed by atoms with van der Waals surface area (Å²) in [5.41, 5.74) is 1.32. The third-order valence-electron chi connectivity index (χ3n) is 3.87. The molecule has 0 atom stereocenters. The van der Waals surface area contributed by atoms with Crippen molar-refractivity contribution >= 4 is 5.82 Å². The standard InChI is InChI=1S/C17H18F3N3O2/c1-2-13-14(16-24-6-7-25-16)15(23-10-22-13)21-9-11-4-3-5-12(8-11)17(18,19)20/h3-5,8,10,16H,2,6-7,9H2,1H3,(H,21,22,23). The number of rotatable bonds is 5. The summed E-state index contributed by atoms with van der Waals surface area (Å²) in [6.07, 6.45) is -2.83. The fourth-order valence-electron chi connectivity index (χ4n) is 2.67. The fraction of sp³-hybridized carbons (Fsp3) is 0.412. The number of alkyl halides is 3. The first-order chi connectivity index (χ1) is 12.0. The van der Waals surface area contributed by atoms with Gasteiger partial charge in [-0.25, -0.2) is 9.97 Å². The van der Waals surface area contributed by atoms with Crippen LogP contribution in [0.1, 0.15) is 35.6 Å². The first-order valence-corrected chi connectivity index (χ1v) is 7.96. The minimum absolute atomic E-state index is 0.198. The predicted octanol–water partition coefficient (Wildman–Crippen LogP) is 3.72. The second-order valence-corrected chi connectivity index (χ2v) is 5.56. The molecule has 1 aromatic heterocycles. The van der Waals surface area contributed by atoms with E-state index < -0.39 is 18.0 Å². The molecule has 2 heterocycles. The lowest BCUT2D eigenvalue weighted by atomic mass is 10.1. The molecule has 0 unspecified atom stereocenters. The lowest BCUT2D eigenvalue weighted by Gasteiger charge is -2.18. The molecule has 2 aromatic rings. The molecule has 5 nitrogen and oxygen atoms in total. The number of ether oxygens (including phenoxy) is 2. The van der Waals surface area contributed by atoms with Gasteiger partial charge in [-0.2, -0.15) is 13.2 Å². The summed E-state index contributed by atoms with van der Waals surface area (Å²) in [5, 5.41) is 3.08. The summed E-state index contributed by atoms with van der Waals surface area (Å²) in [5.74, 6) is 0.510. The Kier molecular flexibility index (Phi) is 5.19. The zero-order valence-corrected chi connectivity index (χ0v) is 13.6. The first kappa shape index (κ1) is 17.6. The zero-order valence-electron chi connectivity index (χ0n) is 13.6. The Morgan fingerprint density at radius 2 is 1.96 bits per heavy atom. The summed E-state index contributed by atoms with van der Waals surface area (Å²) in [6.45, 7) is 3.12. The monoisotopic (exact) mass is 353 g/mol. The number of anilines is 1. The van der Waals surface area contributed by atoms with Gasteiger partial charge in [0, 0.05) is 6.54 Å². The van der Waals surface area contributed by atoms with Crippen LogP contribution in [0.5, 0.6) is 0 Å². The van der Waals surface area contributed by atoms with Crippen molar-refractivity contribution in [2.75, 3.05) is 18.5 Å². The minimum Gasteiger partial charge on any atom is -0.365 e. The average molecular weight is 353 g/mol. The first-order valence-electron chi connectivity index (χ1n) is 7.96. The average Bonchev–Trinajstić information content (AvgIpc) is 3.13. The van der Waals surface area contributed by atoms with Gasteiger partial charge in [-0.05, 0) is 24.1 Å². The largest absolute Gasteiger partial charge is 0.416 e. The van der Waals surface area contributed by atoms with Gasteiger partial charge in [0.15, 0.2) is 6.29 Å². The van der Waals surface area contributed by atoms with Gasteiger partial charge in [0.2, 0.25) is 0 Å². The summed E-state index contributed by atoms with van der Waals surface area (Å²) in [7, 11) is 0. The SMILES string of the molecule is CCc1ncnc(NCc2cccc(C(F)(F)F)c2)c1C1OCCO1. The lowest BCUT2D eigenvalue weighted by Crippen LogP contribution is -2.13. The number of nitrogens with zero attached hydrogens (tertiary/aromatic N) is 2. The molecule has 1 aliphatic heterocycles. The molecule has 3 rings (SSSR count). The molecule has 0 spiro atoms. The molecule has 8 heteroatoms. The molecular weight excluding hydrogens is 335 g/mol. The lowest BCUT2D eigenvalue weighted by molar-refractivity contribution is -0.137. The highest BCUT2D eigenvalue weighted by molar-refractivity contribution is 5.47. The van der Waals surface area contributed by atoms with Crippen molar-refractivity contribution in [2.45, 2.75) is 32.4 Å². The van der Waals surface area contributed by atoms with Crippen molar-refractivity contribution in [1.82, 2.24) is 9.97 Å². The smallest absolute Gasteiger partial charge is 0.365 e. The molecule has 0 amide bonds. The fourth-order valence-corrected chi connectivity index (χ4v) is 2.67. The van der Waals surface area contributed by atoms with Gasteiger partial charge in [0.1, 0.15) is 12.1 Å². The molecule has 1 aliphatic rings. The number of aryl methyl sites for hydroxylation is 1.